The topological polar surface area (TPSA) is 12.0 Å². The fourth-order valence-electron chi connectivity index (χ4n) is 3.29. The highest BCUT2D eigenvalue weighted by Gasteiger charge is 2.29. The molecule has 1 aromatic rings. The molecule has 2 rings (SSSR count). The van der Waals surface area contributed by atoms with Gasteiger partial charge in [0.1, 0.15) is 0 Å². The van der Waals surface area contributed by atoms with Gasteiger partial charge >= 0.3 is 0 Å². The van der Waals surface area contributed by atoms with Crippen LogP contribution >= 0.6 is 11.3 Å². The fourth-order valence-corrected chi connectivity index (χ4v) is 3.97. The van der Waals surface area contributed by atoms with E-state index in [1.54, 1.807) is 5.56 Å². The van der Waals surface area contributed by atoms with E-state index in [1.807, 2.05) is 11.3 Å². The Morgan fingerprint density at radius 2 is 2.24 bits per heavy atom. The molecule has 1 fully saturated rings. The van der Waals surface area contributed by atoms with Crippen LogP contribution in [-0.2, 0) is 6.42 Å². The molecule has 3 atom stereocenters. The highest BCUT2D eigenvalue weighted by Crippen LogP contribution is 2.37. The van der Waals surface area contributed by atoms with E-state index in [2.05, 4.69) is 36.1 Å². The van der Waals surface area contributed by atoms with Crippen molar-refractivity contribution in [3.05, 3.63) is 22.4 Å². The predicted molar refractivity (Wildman–Crippen MR) is 76.6 cm³/mol. The second kappa shape index (κ2) is 6.55. The minimum absolute atomic E-state index is 0.891. The Morgan fingerprint density at radius 3 is 2.88 bits per heavy atom. The molecule has 0 aromatic carbocycles. The van der Waals surface area contributed by atoms with Crippen LogP contribution in [0.15, 0.2) is 16.8 Å². The molecule has 1 aliphatic carbocycles. The van der Waals surface area contributed by atoms with Crippen LogP contribution in [0.1, 0.15) is 38.2 Å². The van der Waals surface area contributed by atoms with Crippen molar-refractivity contribution in [2.75, 3.05) is 13.6 Å². The molecule has 0 aliphatic heterocycles. The van der Waals surface area contributed by atoms with E-state index < -0.39 is 0 Å². The van der Waals surface area contributed by atoms with Crippen LogP contribution in [0.25, 0.3) is 0 Å². The Hall–Kier alpha value is -0.340. The summed E-state index contributed by atoms with van der Waals surface area (Å²) in [5, 5.41) is 7.92. The monoisotopic (exact) mass is 251 g/mol. The first-order chi connectivity index (χ1) is 8.33. The smallest absolute Gasteiger partial charge is 0.00208 e. The lowest BCUT2D eigenvalue weighted by Crippen LogP contribution is -2.32. The quantitative estimate of drug-likeness (QED) is 0.835. The second-order valence-corrected chi connectivity index (χ2v) is 6.28. The molecule has 0 saturated heterocycles. The summed E-state index contributed by atoms with van der Waals surface area (Å²) in [4.78, 5) is 0. The molecule has 3 unspecified atom stereocenters. The third kappa shape index (κ3) is 3.56. The van der Waals surface area contributed by atoms with Crippen LogP contribution in [-0.4, -0.2) is 13.6 Å². The maximum Gasteiger partial charge on any atom is -0.00208 e. The first kappa shape index (κ1) is 13.1. The summed E-state index contributed by atoms with van der Waals surface area (Å²) in [7, 11) is 2.09. The lowest BCUT2D eigenvalue weighted by atomic mass is 9.71. The van der Waals surface area contributed by atoms with Crippen molar-refractivity contribution in [3.8, 4) is 0 Å². The third-order valence-corrected chi connectivity index (χ3v) is 5.10. The molecular formula is C15H25NS. The molecular weight excluding hydrogens is 226 g/mol. The van der Waals surface area contributed by atoms with Crippen molar-refractivity contribution in [3.63, 3.8) is 0 Å². The van der Waals surface area contributed by atoms with Crippen molar-refractivity contribution in [2.24, 2.45) is 17.8 Å². The molecule has 0 bridgehead atoms. The van der Waals surface area contributed by atoms with Gasteiger partial charge in [0.2, 0.25) is 0 Å². The second-order valence-electron chi connectivity index (χ2n) is 5.50. The molecule has 1 aromatic heterocycles. The summed E-state index contributed by atoms with van der Waals surface area (Å²) >= 11 is 1.83. The van der Waals surface area contributed by atoms with Crippen molar-refractivity contribution >= 4 is 11.3 Å². The van der Waals surface area contributed by atoms with Crippen LogP contribution in [0, 0.1) is 17.8 Å². The zero-order valence-electron chi connectivity index (χ0n) is 11.1. The van der Waals surface area contributed by atoms with E-state index in [0.717, 1.165) is 17.8 Å². The van der Waals surface area contributed by atoms with E-state index in [9.17, 15) is 0 Å². The van der Waals surface area contributed by atoms with Crippen LogP contribution in [0.3, 0.4) is 0 Å². The Morgan fingerprint density at radius 1 is 1.35 bits per heavy atom. The van der Waals surface area contributed by atoms with Crippen molar-refractivity contribution in [1.29, 1.82) is 0 Å². The van der Waals surface area contributed by atoms with Gasteiger partial charge in [0.15, 0.2) is 0 Å². The van der Waals surface area contributed by atoms with Crippen molar-refractivity contribution in [2.45, 2.75) is 39.0 Å². The Labute approximate surface area is 110 Å². The van der Waals surface area contributed by atoms with Crippen LogP contribution < -0.4 is 5.32 Å². The largest absolute Gasteiger partial charge is 0.319 e. The average Bonchev–Trinajstić information content (AvgIpc) is 2.84. The van der Waals surface area contributed by atoms with Crippen molar-refractivity contribution in [1.82, 2.24) is 5.32 Å². The molecule has 1 saturated carbocycles. The minimum Gasteiger partial charge on any atom is -0.319 e. The first-order valence-corrected chi connectivity index (χ1v) is 7.93. The first-order valence-electron chi connectivity index (χ1n) is 6.99. The molecule has 1 nitrogen and oxygen atoms in total. The van der Waals surface area contributed by atoms with Gasteiger partial charge in [-0.05, 0) is 73.0 Å². The van der Waals surface area contributed by atoms with Gasteiger partial charge in [-0.2, -0.15) is 11.3 Å². The summed E-state index contributed by atoms with van der Waals surface area (Å²) in [5.41, 5.74) is 1.55. The number of hydrogen-bond donors (Lipinski definition) is 1. The number of rotatable bonds is 5. The SMILES string of the molecule is CCC1CCC(CNC)C(Cc2ccsc2)C1. The van der Waals surface area contributed by atoms with Crippen LogP contribution in [0.2, 0.25) is 0 Å². The maximum atomic E-state index is 3.38. The molecule has 96 valence electrons. The lowest BCUT2D eigenvalue weighted by molar-refractivity contribution is 0.173. The normalized spacial score (nSPS) is 29.4. The van der Waals surface area contributed by atoms with E-state index in [-0.39, 0.29) is 0 Å². The van der Waals surface area contributed by atoms with E-state index in [1.165, 1.54) is 38.6 Å². The molecule has 0 radical (unpaired) electrons. The van der Waals surface area contributed by atoms with Gasteiger partial charge in [-0.25, -0.2) is 0 Å². The summed E-state index contributed by atoms with van der Waals surface area (Å²) < 4.78 is 0. The Balaban J connectivity index is 1.97. The summed E-state index contributed by atoms with van der Waals surface area (Å²) in [5.74, 6) is 2.77. The summed E-state index contributed by atoms with van der Waals surface area (Å²) in [6.07, 6.45) is 6.98. The lowest BCUT2D eigenvalue weighted by Gasteiger charge is -2.36. The van der Waals surface area contributed by atoms with Gasteiger partial charge in [0.25, 0.3) is 0 Å². The Bertz CT molecular complexity index is 307. The van der Waals surface area contributed by atoms with Crippen LogP contribution in [0.5, 0.6) is 0 Å². The number of hydrogen-bond acceptors (Lipinski definition) is 2. The van der Waals surface area contributed by atoms with Gasteiger partial charge in [-0.1, -0.05) is 19.8 Å². The van der Waals surface area contributed by atoms with Gasteiger partial charge < -0.3 is 5.32 Å². The van der Waals surface area contributed by atoms with E-state index in [4.69, 9.17) is 0 Å². The zero-order valence-corrected chi connectivity index (χ0v) is 11.9. The van der Waals surface area contributed by atoms with Gasteiger partial charge in [0, 0.05) is 0 Å². The fraction of sp³-hybridized carbons (Fsp3) is 0.733. The molecule has 0 spiro atoms. The number of nitrogens with one attached hydrogen (secondary N) is 1. The molecule has 1 N–H and O–H groups in total. The van der Waals surface area contributed by atoms with Gasteiger partial charge in [0.05, 0.1) is 0 Å². The van der Waals surface area contributed by atoms with Gasteiger partial charge in [-0.3, -0.25) is 0 Å². The molecule has 0 amide bonds. The molecule has 2 heteroatoms. The predicted octanol–water partition coefficient (Wildman–Crippen LogP) is 3.95. The van der Waals surface area contributed by atoms with Crippen molar-refractivity contribution < 1.29 is 0 Å². The third-order valence-electron chi connectivity index (χ3n) is 4.37. The highest BCUT2D eigenvalue weighted by atomic mass is 32.1. The highest BCUT2D eigenvalue weighted by molar-refractivity contribution is 7.07. The number of thiophene rings is 1. The summed E-state index contributed by atoms with van der Waals surface area (Å²) in [6.45, 7) is 3.55. The van der Waals surface area contributed by atoms with Crippen LogP contribution in [0.4, 0.5) is 0 Å². The minimum atomic E-state index is 0.891. The molecule has 1 heterocycles. The van der Waals surface area contributed by atoms with E-state index >= 15 is 0 Å². The maximum absolute atomic E-state index is 3.38. The van der Waals surface area contributed by atoms with Gasteiger partial charge in [-0.15, -0.1) is 0 Å². The van der Waals surface area contributed by atoms with E-state index in [0.29, 0.717) is 0 Å². The molecule has 17 heavy (non-hydrogen) atoms. The molecule has 1 aliphatic rings. The Kier molecular flexibility index (Phi) is 5.05. The summed E-state index contributed by atoms with van der Waals surface area (Å²) in [6, 6.07) is 2.30. The zero-order chi connectivity index (χ0) is 12.1. The average molecular weight is 251 g/mol. The standard InChI is InChI=1S/C15H25NS/c1-3-12-4-5-14(10-16-2)15(8-12)9-13-6-7-17-11-13/h6-7,11-12,14-16H,3-5,8-10H2,1-2H3.